The summed E-state index contributed by atoms with van der Waals surface area (Å²) in [7, 11) is -3.92. The molecule has 3 heterocycles. The monoisotopic (exact) mass is 494 g/mol. The van der Waals surface area contributed by atoms with E-state index >= 15 is 0 Å². The number of nitrogen functional groups attached to an aromatic ring is 1. The van der Waals surface area contributed by atoms with Crippen LogP contribution in [-0.4, -0.2) is 59.8 Å². The van der Waals surface area contributed by atoms with Gasteiger partial charge in [-0.2, -0.15) is 0 Å². The number of esters is 1. The van der Waals surface area contributed by atoms with Crippen molar-refractivity contribution >= 4 is 44.6 Å². The molecular formula is C20H23ClN6O5S. The Balaban J connectivity index is 1.34. The lowest BCUT2D eigenvalue weighted by molar-refractivity contribution is 0.0496. The molecule has 176 valence electrons. The first-order valence-corrected chi connectivity index (χ1v) is 12.2. The molecule has 1 aliphatic heterocycles. The van der Waals surface area contributed by atoms with E-state index < -0.39 is 16.0 Å². The van der Waals surface area contributed by atoms with Crippen LogP contribution in [0.1, 0.15) is 29.6 Å². The molecule has 1 aromatic carbocycles. The van der Waals surface area contributed by atoms with Crippen molar-refractivity contribution in [2.24, 2.45) is 0 Å². The minimum Gasteiger partial charge on any atom is -0.462 e. The third-order valence-corrected chi connectivity index (χ3v) is 7.09. The zero-order chi connectivity index (χ0) is 23.4. The number of nitrogens with zero attached hydrogens (tertiary/aromatic N) is 4. The molecule has 0 spiro atoms. The number of sulfonamides is 1. The molecule has 1 fully saturated rings. The van der Waals surface area contributed by atoms with E-state index in [2.05, 4.69) is 19.7 Å². The normalized spacial score (nSPS) is 16.3. The summed E-state index contributed by atoms with van der Waals surface area (Å²) in [5.41, 5.74) is 6.97. The van der Waals surface area contributed by atoms with Crippen molar-refractivity contribution in [3.8, 4) is 0 Å². The van der Waals surface area contributed by atoms with Gasteiger partial charge in [0.05, 0.1) is 29.6 Å². The summed E-state index contributed by atoms with van der Waals surface area (Å²) in [6.45, 7) is 1.37. The molecule has 0 radical (unpaired) electrons. The van der Waals surface area contributed by atoms with Crippen LogP contribution >= 0.6 is 11.6 Å². The van der Waals surface area contributed by atoms with Crippen LogP contribution in [0.3, 0.4) is 0 Å². The molecule has 0 aliphatic carbocycles. The average molecular weight is 495 g/mol. The fraction of sp³-hybridized carbons (Fsp3) is 0.400. The van der Waals surface area contributed by atoms with Crippen molar-refractivity contribution in [3.05, 3.63) is 41.4 Å². The van der Waals surface area contributed by atoms with E-state index in [4.69, 9.17) is 26.8 Å². The highest BCUT2D eigenvalue weighted by Gasteiger charge is 2.23. The third kappa shape index (κ3) is 5.41. The summed E-state index contributed by atoms with van der Waals surface area (Å²) in [5.74, 6) is -0.353. The van der Waals surface area contributed by atoms with E-state index in [0.717, 1.165) is 12.8 Å². The summed E-state index contributed by atoms with van der Waals surface area (Å²) in [5, 5.41) is 0.0136. The number of benzene rings is 1. The fourth-order valence-electron chi connectivity index (χ4n) is 3.47. The van der Waals surface area contributed by atoms with E-state index in [1.54, 1.807) is 10.9 Å². The number of ether oxygens (including phenoxy) is 2. The number of aryl methyl sites for hydroxylation is 1. The number of anilines is 1. The first-order chi connectivity index (χ1) is 15.8. The Morgan fingerprint density at radius 3 is 2.97 bits per heavy atom. The highest BCUT2D eigenvalue weighted by molar-refractivity contribution is 7.89. The van der Waals surface area contributed by atoms with E-state index in [1.807, 2.05) is 0 Å². The molecule has 0 saturated carbocycles. The van der Waals surface area contributed by atoms with Crippen LogP contribution in [0.25, 0.3) is 11.2 Å². The molecule has 4 rings (SSSR count). The molecule has 1 saturated heterocycles. The van der Waals surface area contributed by atoms with Crippen LogP contribution in [0.15, 0.2) is 35.7 Å². The molecule has 0 bridgehead atoms. The number of hydrogen-bond donors (Lipinski definition) is 2. The van der Waals surface area contributed by atoms with Crippen LogP contribution in [0.4, 0.5) is 5.82 Å². The molecule has 0 amide bonds. The number of aromatic nitrogens is 4. The number of nitrogens with one attached hydrogen (secondary N) is 1. The van der Waals surface area contributed by atoms with Gasteiger partial charge in [0, 0.05) is 19.7 Å². The predicted octanol–water partition coefficient (Wildman–Crippen LogP) is 1.77. The minimum absolute atomic E-state index is 0.0136. The summed E-state index contributed by atoms with van der Waals surface area (Å²) >= 11 is 6.09. The van der Waals surface area contributed by atoms with Crippen LogP contribution in [0, 0.1) is 0 Å². The van der Waals surface area contributed by atoms with E-state index in [-0.39, 0.29) is 34.7 Å². The quantitative estimate of drug-likeness (QED) is 0.334. The Morgan fingerprint density at radius 2 is 2.18 bits per heavy atom. The lowest BCUT2D eigenvalue weighted by atomic mass is 10.2. The Kier molecular flexibility index (Phi) is 7.08. The van der Waals surface area contributed by atoms with Gasteiger partial charge in [-0.05, 0) is 37.5 Å². The smallest absolute Gasteiger partial charge is 0.338 e. The second-order valence-electron chi connectivity index (χ2n) is 7.49. The molecule has 2 aromatic heterocycles. The Labute approximate surface area is 195 Å². The van der Waals surface area contributed by atoms with Crippen molar-refractivity contribution in [2.45, 2.75) is 36.8 Å². The van der Waals surface area contributed by atoms with E-state index in [1.165, 1.54) is 24.5 Å². The van der Waals surface area contributed by atoms with Crippen LogP contribution in [0.2, 0.25) is 5.02 Å². The number of hydrogen-bond acceptors (Lipinski definition) is 9. The molecule has 3 aromatic rings. The zero-order valence-electron chi connectivity index (χ0n) is 17.6. The maximum atomic E-state index is 12.7. The van der Waals surface area contributed by atoms with Crippen LogP contribution in [-0.2, 0) is 26.0 Å². The number of fused-ring (bicyclic) bond motifs is 1. The van der Waals surface area contributed by atoms with Gasteiger partial charge in [-0.3, -0.25) is 0 Å². The van der Waals surface area contributed by atoms with Gasteiger partial charge in [0.15, 0.2) is 11.5 Å². The summed E-state index contributed by atoms with van der Waals surface area (Å²) < 4.78 is 40.4. The van der Waals surface area contributed by atoms with Gasteiger partial charge in [-0.1, -0.05) is 11.6 Å². The van der Waals surface area contributed by atoms with Crippen molar-refractivity contribution in [1.82, 2.24) is 24.2 Å². The number of carbonyl (C=O) groups excluding carboxylic acids is 1. The third-order valence-electron chi connectivity index (χ3n) is 5.19. The van der Waals surface area contributed by atoms with Crippen LogP contribution in [0.5, 0.6) is 0 Å². The van der Waals surface area contributed by atoms with Gasteiger partial charge in [0.1, 0.15) is 16.7 Å². The molecular weight excluding hydrogens is 472 g/mol. The molecule has 1 aliphatic rings. The van der Waals surface area contributed by atoms with Gasteiger partial charge in [-0.25, -0.2) is 32.9 Å². The van der Waals surface area contributed by atoms with Gasteiger partial charge in [0.2, 0.25) is 10.0 Å². The zero-order valence-corrected chi connectivity index (χ0v) is 19.2. The predicted molar refractivity (Wildman–Crippen MR) is 120 cm³/mol. The number of halogens is 1. The number of carbonyl (C=O) groups is 1. The van der Waals surface area contributed by atoms with Gasteiger partial charge >= 0.3 is 5.97 Å². The van der Waals surface area contributed by atoms with Gasteiger partial charge in [-0.15, -0.1) is 0 Å². The maximum Gasteiger partial charge on any atom is 0.338 e. The summed E-state index contributed by atoms with van der Waals surface area (Å²) in [6, 6.07) is 4.00. The van der Waals surface area contributed by atoms with Gasteiger partial charge < -0.3 is 19.8 Å². The highest BCUT2D eigenvalue weighted by Crippen LogP contribution is 2.24. The van der Waals surface area contributed by atoms with Crippen molar-refractivity contribution < 1.29 is 22.7 Å². The number of nitrogens with two attached hydrogens (primary N) is 1. The molecule has 13 heteroatoms. The second kappa shape index (κ2) is 10.00. The average Bonchev–Trinajstić information content (AvgIpc) is 3.46. The standard InChI is InChI=1S/C20H23ClN6O5S/c21-15-5-4-13(9-16(15)33(29,30)26-10-14-3-1-7-31-14)20(28)32-8-2-6-27-12-25-17-18(22)23-11-24-19(17)27/h4-5,9,11-12,14,26H,1-3,6-8,10H2,(H2,22,23,24). The Morgan fingerprint density at radius 1 is 1.33 bits per heavy atom. The lowest BCUT2D eigenvalue weighted by Gasteiger charge is -2.13. The van der Waals surface area contributed by atoms with Crippen molar-refractivity contribution in [2.75, 3.05) is 25.5 Å². The second-order valence-corrected chi connectivity index (χ2v) is 9.63. The topological polar surface area (TPSA) is 151 Å². The SMILES string of the molecule is Nc1ncnc2c1ncn2CCCOC(=O)c1ccc(Cl)c(S(=O)(=O)NCC2CCCO2)c1. The first kappa shape index (κ1) is 23.4. The molecule has 1 atom stereocenters. The van der Waals surface area contributed by atoms with E-state index in [0.29, 0.717) is 36.6 Å². The Bertz CT molecular complexity index is 1260. The Hall–Kier alpha value is -2.80. The summed E-state index contributed by atoms with van der Waals surface area (Å²) in [6.07, 6.45) is 4.96. The highest BCUT2D eigenvalue weighted by atomic mass is 35.5. The van der Waals surface area contributed by atoms with Crippen molar-refractivity contribution in [1.29, 1.82) is 0 Å². The number of imidazole rings is 1. The number of rotatable bonds is 9. The first-order valence-electron chi connectivity index (χ1n) is 10.3. The van der Waals surface area contributed by atoms with Gasteiger partial charge in [0.25, 0.3) is 0 Å². The lowest BCUT2D eigenvalue weighted by Crippen LogP contribution is -2.32. The molecule has 3 N–H and O–H groups in total. The molecule has 1 unspecified atom stereocenters. The van der Waals surface area contributed by atoms with E-state index in [9.17, 15) is 13.2 Å². The van der Waals surface area contributed by atoms with Crippen molar-refractivity contribution in [3.63, 3.8) is 0 Å². The minimum atomic E-state index is -3.92. The molecule has 11 nitrogen and oxygen atoms in total. The maximum absolute atomic E-state index is 12.7. The van der Waals surface area contributed by atoms with Crippen LogP contribution < -0.4 is 10.5 Å². The molecule has 33 heavy (non-hydrogen) atoms. The largest absolute Gasteiger partial charge is 0.462 e. The fourth-order valence-corrected chi connectivity index (χ4v) is 5.06. The summed E-state index contributed by atoms with van der Waals surface area (Å²) in [4.78, 5) is 24.5.